The lowest BCUT2D eigenvalue weighted by atomic mass is 10.1. The molecule has 1 aliphatic carbocycles. The number of hydrogen-bond donors (Lipinski definition) is 2. The van der Waals surface area contributed by atoms with E-state index in [2.05, 4.69) is 5.32 Å². The number of halogens is 2. The second kappa shape index (κ2) is 6.21. The van der Waals surface area contributed by atoms with Gasteiger partial charge in [-0.05, 0) is 37.0 Å². The largest absolute Gasteiger partial charge is 0.494 e. The molecule has 0 radical (unpaired) electrons. The number of carbonyl (C=O) groups is 1. The van der Waals surface area contributed by atoms with Crippen molar-refractivity contribution in [2.75, 3.05) is 13.7 Å². The predicted molar refractivity (Wildman–Crippen MR) is 73.1 cm³/mol. The van der Waals surface area contributed by atoms with Gasteiger partial charge < -0.3 is 15.8 Å². The van der Waals surface area contributed by atoms with Gasteiger partial charge >= 0.3 is 0 Å². The minimum atomic E-state index is -0.648. The van der Waals surface area contributed by atoms with Gasteiger partial charge in [0, 0.05) is 6.54 Å². The second-order valence-corrected chi connectivity index (χ2v) is 4.63. The highest BCUT2D eigenvalue weighted by Crippen LogP contribution is 2.32. The maximum Gasteiger partial charge on any atom is 0.240 e. The van der Waals surface area contributed by atoms with Gasteiger partial charge in [0.15, 0.2) is 11.6 Å². The Labute approximate surface area is 117 Å². The molecule has 0 spiro atoms. The third-order valence-electron chi connectivity index (χ3n) is 3.16. The molecule has 19 heavy (non-hydrogen) atoms. The number of benzene rings is 1. The predicted octanol–water partition coefficient (Wildman–Crippen LogP) is 1.41. The number of carbonyl (C=O) groups excluding carboxylic acids is 1. The standard InChI is InChI=1S/C13H17FN2O2.ClH/c1-18-11-3-2-9(8-10(11)14)4-7-16-12(17)13(15)5-6-13;/h2-3,8H,4-7,15H2,1H3,(H,16,17);1H. The van der Waals surface area contributed by atoms with Crippen LogP contribution in [0.1, 0.15) is 18.4 Å². The number of amides is 1. The molecule has 0 aromatic heterocycles. The third-order valence-corrected chi connectivity index (χ3v) is 3.16. The van der Waals surface area contributed by atoms with Crippen molar-refractivity contribution < 1.29 is 13.9 Å². The van der Waals surface area contributed by atoms with Crippen LogP contribution >= 0.6 is 12.4 Å². The van der Waals surface area contributed by atoms with Crippen LogP contribution in [0.25, 0.3) is 0 Å². The molecule has 1 aromatic rings. The van der Waals surface area contributed by atoms with Gasteiger partial charge in [0.1, 0.15) is 0 Å². The van der Waals surface area contributed by atoms with Gasteiger partial charge in [-0.15, -0.1) is 12.4 Å². The number of ether oxygens (including phenoxy) is 1. The summed E-state index contributed by atoms with van der Waals surface area (Å²) >= 11 is 0. The summed E-state index contributed by atoms with van der Waals surface area (Å²) in [6.07, 6.45) is 2.06. The second-order valence-electron chi connectivity index (χ2n) is 4.63. The van der Waals surface area contributed by atoms with Crippen LogP contribution in [0.2, 0.25) is 0 Å². The van der Waals surface area contributed by atoms with Crippen LogP contribution in [0.15, 0.2) is 18.2 Å². The maximum atomic E-state index is 13.4. The van der Waals surface area contributed by atoms with Gasteiger partial charge in [-0.25, -0.2) is 4.39 Å². The minimum Gasteiger partial charge on any atom is -0.494 e. The highest BCUT2D eigenvalue weighted by Gasteiger charge is 2.45. The van der Waals surface area contributed by atoms with Gasteiger partial charge in [0.2, 0.25) is 5.91 Å². The summed E-state index contributed by atoms with van der Waals surface area (Å²) in [6, 6.07) is 4.78. The minimum absolute atomic E-state index is 0. The molecule has 1 saturated carbocycles. The lowest BCUT2D eigenvalue weighted by Gasteiger charge is -2.10. The SMILES string of the molecule is COc1ccc(CCNC(=O)C2(N)CC2)cc1F.Cl. The first kappa shape index (κ1) is 15.7. The smallest absolute Gasteiger partial charge is 0.240 e. The highest BCUT2D eigenvalue weighted by atomic mass is 35.5. The Morgan fingerprint density at radius 3 is 2.74 bits per heavy atom. The van der Waals surface area contributed by atoms with Gasteiger partial charge in [-0.3, -0.25) is 4.79 Å². The van der Waals surface area contributed by atoms with E-state index in [9.17, 15) is 9.18 Å². The first-order valence-corrected chi connectivity index (χ1v) is 5.95. The van der Waals surface area contributed by atoms with E-state index in [1.165, 1.54) is 13.2 Å². The van der Waals surface area contributed by atoms with Gasteiger partial charge in [0.05, 0.1) is 12.6 Å². The highest BCUT2D eigenvalue weighted by molar-refractivity contribution is 5.88. The molecule has 0 heterocycles. The average Bonchev–Trinajstić information content (AvgIpc) is 3.09. The molecule has 0 aliphatic heterocycles. The van der Waals surface area contributed by atoms with Crippen LogP contribution in [0.5, 0.6) is 5.75 Å². The molecule has 0 saturated heterocycles. The van der Waals surface area contributed by atoms with E-state index in [4.69, 9.17) is 10.5 Å². The van der Waals surface area contributed by atoms with Crippen molar-refractivity contribution in [3.8, 4) is 5.75 Å². The van der Waals surface area contributed by atoms with Crippen molar-refractivity contribution in [1.29, 1.82) is 0 Å². The van der Waals surface area contributed by atoms with Crippen molar-refractivity contribution in [3.05, 3.63) is 29.6 Å². The number of nitrogens with one attached hydrogen (secondary N) is 1. The molecule has 1 amide bonds. The monoisotopic (exact) mass is 288 g/mol. The number of nitrogens with two attached hydrogens (primary N) is 1. The van der Waals surface area contributed by atoms with Gasteiger partial charge in [-0.2, -0.15) is 0 Å². The van der Waals surface area contributed by atoms with Crippen molar-refractivity contribution >= 4 is 18.3 Å². The fourth-order valence-electron chi connectivity index (χ4n) is 1.72. The summed E-state index contributed by atoms with van der Waals surface area (Å²) in [5.74, 6) is -0.281. The Kier molecular flexibility index (Phi) is 5.14. The van der Waals surface area contributed by atoms with Gasteiger partial charge in [-0.1, -0.05) is 6.07 Å². The first-order chi connectivity index (χ1) is 8.55. The molecule has 0 atom stereocenters. The van der Waals surface area contributed by atoms with Gasteiger partial charge in [0.25, 0.3) is 0 Å². The van der Waals surface area contributed by atoms with Crippen molar-refractivity contribution in [2.24, 2.45) is 5.73 Å². The average molecular weight is 289 g/mol. The fraction of sp³-hybridized carbons (Fsp3) is 0.462. The Morgan fingerprint density at radius 2 is 2.21 bits per heavy atom. The van der Waals surface area contributed by atoms with Crippen LogP contribution < -0.4 is 15.8 Å². The molecule has 0 unspecified atom stereocenters. The Morgan fingerprint density at radius 1 is 1.53 bits per heavy atom. The van der Waals surface area contributed by atoms with E-state index in [0.29, 0.717) is 13.0 Å². The third kappa shape index (κ3) is 3.81. The van der Waals surface area contributed by atoms with Crippen molar-refractivity contribution in [1.82, 2.24) is 5.32 Å². The van der Waals surface area contributed by atoms with E-state index in [-0.39, 0.29) is 29.9 Å². The quantitative estimate of drug-likeness (QED) is 0.861. The zero-order valence-corrected chi connectivity index (χ0v) is 11.6. The molecule has 1 fully saturated rings. The summed E-state index contributed by atoms with van der Waals surface area (Å²) < 4.78 is 18.2. The van der Waals surface area contributed by atoms with Crippen LogP contribution in [0, 0.1) is 5.82 Å². The molecule has 1 aliphatic rings. The molecule has 0 bridgehead atoms. The molecule has 4 nitrogen and oxygen atoms in total. The Balaban J connectivity index is 0.00000180. The number of hydrogen-bond acceptors (Lipinski definition) is 3. The zero-order chi connectivity index (χ0) is 13.2. The fourth-order valence-corrected chi connectivity index (χ4v) is 1.72. The molecular weight excluding hydrogens is 271 g/mol. The number of rotatable bonds is 5. The van der Waals surface area contributed by atoms with E-state index in [1.807, 2.05) is 0 Å². The lowest BCUT2D eigenvalue weighted by molar-refractivity contribution is -0.123. The normalized spacial score (nSPS) is 15.3. The van der Waals surface area contributed by atoms with E-state index < -0.39 is 5.54 Å². The van der Waals surface area contributed by atoms with Crippen molar-refractivity contribution in [3.63, 3.8) is 0 Å². The molecule has 1 aromatic carbocycles. The molecule has 106 valence electrons. The van der Waals surface area contributed by atoms with Crippen molar-refractivity contribution in [2.45, 2.75) is 24.8 Å². The van der Waals surface area contributed by atoms with E-state index in [1.54, 1.807) is 12.1 Å². The summed E-state index contributed by atoms with van der Waals surface area (Å²) in [7, 11) is 1.43. The Bertz CT molecular complexity index is 464. The first-order valence-electron chi connectivity index (χ1n) is 5.95. The summed E-state index contributed by atoms with van der Waals surface area (Å²) in [5, 5.41) is 2.76. The van der Waals surface area contributed by atoms with Crippen LogP contribution in [0.3, 0.4) is 0 Å². The summed E-state index contributed by atoms with van der Waals surface area (Å²) in [4.78, 5) is 11.6. The maximum absolute atomic E-state index is 13.4. The zero-order valence-electron chi connectivity index (χ0n) is 10.7. The van der Waals surface area contributed by atoms with E-state index in [0.717, 1.165) is 18.4 Å². The topological polar surface area (TPSA) is 64.3 Å². The van der Waals surface area contributed by atoms with E-state index >= 15 is 0 Å². The number of methoxy groups -OCH3 is 1. The van der Waals surface area contributed by atoms with Crippen LogP contribution in [0.4, 0.5) is 4.39 Å². The Hall–Kier alpha value is -1.33. The molecular formula is C13H18ClFN2O2. The summed E-state index contributed by atoms with van der Waals surface area (Å²) in [6.45, 7) is 0.462. The van der Waals surface area contributed by atoms with Crippen LogP contribution in [-0.4, -0.2) is 25.1 Å². The lowest BCUT2D eigenvalue weighted by Crippen LogP contribution is -2.43. The van der Waals surface area contributed by atoms with Crippen LogP contribution in [-0.2, 0) is 11.2 Å². The molecule has 2 rings (SSSR count). The summed E-state index contributed by atoms with van der Waals surface area (Å²) in [5.41, 5.74) is 5.91. The molecule has 6 heteroatoms. The molecule has 3 N–H and O–H groups in total.